The van der Waals surface area contributed by atoms with Gasteiger partial charge in [0.25, 0.3) is 5.91 Å². The van der Waals surface area contributed by atoms with Crippen molar-refractivity contribution < 1.29 is 9.53 Å². The zero-order chi connectivity index (χ0) is 18.7. The molecule has 134 valence electrons. The Bertz CT molecular complexity index is 925. The molecule has 1 amide bonds. The van der Waals surface area contributed by atoms with E-state index >= 15 is 0 Å². The molecule has 3 aromatic rings. The number of hydrogen-bond acceptors (Lipinski definition) is 5. The summed E-state index contributed by atoms with van der Waals surface area (Å²) in [4.78, 5) is 12.4. The normalized spacial score (nSPS) is 11.8. The lowest BCUT2D eigenvalue weighted by molar-refractivity contribution is -0.122. The van der Waals surface area contributed by atoms with Crippen LogP contribution in [0.1, 0.15) is 18.1 Å². The summed E-state index contributed by atoms with van der Waals surface area (Å²) in [5.74, 6) is 0.418. The van der Waals surface area contributed by atoms with Crippen LogP contribution in [0.2, 0.25) is 5.02 Å². The minimum absolute atomic E-state index is 0.274. The molecule has 5 nitrogen and oxygen atoms in total. The highest BCUT2D eigenvalue weighted by Crippen LogP contribution is 2.27. The van der Waals surface area contributed by atoms with Crippen LogP contribution in [0.15, 0.2) is 42.5 Å². The number of carbonyl (C=O) groups is 1. The fourth-order valence-corrected chi connectivity index (χ4v) is 3.24. The van der Waals surface area contributed by atoms with Gasteiger partial charge in [0.05, 0.1) is 0 Å². The lowest BCUT2D eigenvalue weighted by Gasteiger charge is -2.15. The fraction of sp³-hybridized carbons (Fsp3) is 0.211. The molecule has 0 saturated heterocycles. The van der Waals surface area contributed by atoms with Crippen LogP contribution in [0, 0.1) is 13.8 Å². The van der Waals surface area contributed by atoms with E-state index in [-0.39, 0.29) is 5.91 Å². The molecule has 1 N–H and O–H groups in total. The molecule has 0 fully saturated rings. The molecule has 1 atom stereocenters. The molecule has 7 heteroatoms. The van der Waals surface area contributed by atoms with Gasteiger partial charge in [0.1, 0.15) is 10.8 Å². The molecule has 0 saturated carbocycles. The molecule has 0 bridgehead atoms. The third kappa shape index (κ3) is 4.39. The van der Waals surface area contributed by atoms with Crippen molar-refractivity contribution in [2.24, 2.45) is 0 Å². The van der Waals surface area contributed by atoms with Crippen LogP contribution in [0.5, 0.6) is 5.75 Å². The predicted octanol–water partition coefficient (Wildman–Crippen LogP) is 4.88. The highest BCUT2D eigenvalue weighted by Gasteiger charge is 2.18. The molecule has 1 heterocycles. The van der Waals surface area contributed by atoms with Gasteiger partial charge in [0.15, 0.2) is 6.10 Å². The SMILES string of the molecule is Cc1ccc(O[C@@H](C)C(=O)Nc2nnc(-c3ccc(Cl)cc3)s2)c(C)c1. The number of benzene rings is 2. The summed E-state index contributed by atoms with van der Waals surface area (Å²) in [6.07, 6.45) is -0.653. The molecular weight excluding hydrogens is 370 g/mol. The van der Waals surface area contributed by atoms with E-state index in [1.807, 2.05) is 44.2 Å². The Labute approximate surface area is 161 Å². The Morgan fingerprint density at radius 1 is 1.15 bits per heavy atom. The maximum absolute atomic E-state index is 12.4. The van der Waals surface area contributed by atoms with Gasteiger partial charge in [-0.05, 0) is 44.5 Å². The first-order chi connectivity index (χ1) is 12.4. The van der Waals surface area contributed by atoms with Crippen molar-refractivity contribution in [3.8, 4) is 16.3 Å². The Morgan fingerprint density at radius 3 is 2.58 bits per heavy atom. The lowest BCUT2D eigenvalue weighted by atomic mass is 10.1. The van der Waals surface area contributed by atoms with Gasteiger partial charge >= 0.3 is 0 Å². The van der Waals surface area contributed by atoms with E-state index in [9.17, 15) is 4.79 Å². The number of rotatable bonds is 5. The topological polar surface area (TPSA) is 64.1 Å². The number of ether oxygens (including phenoxy) is 1. The van der Waals surface area contributed by atoms with Crippen LogP contribution in [0.4, 0.5) is 5.13 Å². The Kier molecular flexibility index (Phi) is 5.54. The molecule has 0 radical (unpaired) electrons. The Morgan fingerprint density at radius 2 is 1.88 bits per heavy atom. The predicted molar refractivity (Wildman–Crippen MR) is 105 cm³/mol. The molecule has 0 aliphatic carbocycles. The summed E-state index contributed by atoms with van der Waals surface area (Å²) < 4.78 is 5.77. The van der Waals surface area contributed by atoms with Gasteiger partial charge in [-0.15, -0.1) is 10.2 Å². The molecule has 0 aliphatic heterocycles. The van der Waals surface area contributed by atoms with Crippen LogP contribution in [0.25, 0.3) is 10.6 Å². The summed E-state index contributed by atoms with van der Waals surface area (Å²) in [7, 11) is 0. The first-order valence-corrected chi connectivity index (χ1v) is 9.26. The van der Waals surface area contributed by atoms with Crippen LogP contribution < -0.4 is 10.1 Å². The van der Waals surface area contributed by atoms with Crippen molar-refractivity contribution in [1.82, 2.24) is 10.2 Å². The monoisotopic (exact) mass is 387 g/mol. The van der Waals surface area contributed by atoms with E-state index in [4.69, 9.17) is 16.3 Å². The van der Waals surface area contributed by atoms with E-state index < -0.39 is 6.10 Å². The van der Waals surface area contributed by atoms with Crippen molar-refractivity contribution in [2.45, 2.75) is 26.9 Å². The van der Waals surface area contributed by atoms with Crippen molar-refractivity contribution in [1.29, 1.82) is 0 Å². The summed E-state index contributed by atoms with van der Waals surface area (Å²) in [6.45, 7) is 5.67. The van der Waals surface area contributed by atoms with Gasteiger partial charge < -0.3 is 4.74 Å². The number of nitrogens with zero attached hydrogens (tertiary/aromatic N) is 2. The average Bonchev–Trinajstić information content (AvgIpc) is 3.06. The third-order valence-corrected chi connectivity index (χ3v) is 4.89. The van der Waals surface area contributed by atoms with Gasteiger partial charge in [-0.25, -0.2) is 0 Å². The summed E-state index contributed by atoms with van der Waals surface area (Å²) in [5, 5.41) is 12.7. The maximum Gasteiger partial charge on any atom is 0.266 e. The van der Waals surface area contributed by atoms with Crippen LogP contribution in [-0.2, 0) is 4.79 Å². The summed E-state index contributed by atoms with van der Waals surface area (Å²) in [5.41, 5.74) is 3.04. The van der Waals surface area contributed by atoms with Gasteiger partial charge in [-0.3, -0.25) is 10.1 Å². The molecule has 2 aromatic carbocycles. The van der Waals surface area contributed by atoms with Crippen LogP contribution >= 0.6 is 22.9 Å². The maximum atomic E-state index is 12.4. The molecule has 1 aromatic heterocycles. The van der Waals surface area contributed by atoms with Crippen molar-refractivity contribution in [3.63, 3.8) is 0 Å². The van der Waals surface area contributed by atoms with Gasteiger partial charge in [0.2, 0.25) is 5.13 Å². The van der Waals surface area contributed by atoms with Gasteiger partial charge in [-0.2, -0.15) is 0 Å². The highest BCUT2D eigenvalue weighted by atomic mass is 35.5. The molecule has 0 unspecified atom stereocenters. The standard InChI is InChI=1S/C19H18ClN3O2S/c1-11-4-9-16(12(2)10-11)25-13(3)17(24)21-19-23-22-18(26-19)14-5-7-15(20)8-6-14/h4-10,13H,1-3H3,(H,21,23,24)/t13-/m0/s1. The zero-order valence-corrected chi connectivity index (χ0v) is 16.2. The number of nitrogens with one attached hydrogen (secondary N) is 1. The van der Waals surface area contributed by atoms with Crippen molar-refractivity contribution >= 4 is 34.0 Å². The molecule has 26 heavy (non-hydrogen) atoms. The second-order valence-electron chi connectivity index (χ2n) is 5.94. The molecule has 0 spiro atoms. The fourth-order valence-electron chi connectivity index (χ4n) is 2.37. The summed E-state index contributed by atoms with van der Waals surface area (Å²) >= 11 is 7.19. The van der Waals surface area contributed by atoms with Gasteiger partial charge in [0, 0.05) is 10.6 Å². The third-order valence-electron chi connectivity index (χ3n) is 3.75. The number of amides is 1. The second-order valence-corrected chi connectivity index (χ2v) is 7.35. The first-order valence-electron chi connectivity index (χ1n) is 8.06. The quantitative estimate of drug-likeness (QED) is 0.677. The minimum atomic E-state index is -0.653. The van der Waals surface area contributed by atoms with E-state index in [0.717, 1.165) is 16.7 Å². The second kappa shape index (κ2) is 7.85. The molecule has 3 rings (SSSR count). The smallest absolute Gasteiger partial charge is 0.266 e. The average molecular weight is 388 g/mol. The zero-order valence-electron chi connectivity index (χ0n) is 14.6. The number of hydrogen-bond donors (Lipinski definition) is 1. The van der Waals surface area contributed by atoms with E-state index in [0.29, 0.717) is 20.9 Å². The van der Waals surface area contributed by atoms with Gasteiger partial charge in [-0.1, -0.05) is 52.8 Å². The first kappa shape index (κ1) is 18.4. The number of anilines is 1. The minimum Gasteiger partial charge on any atom is -0.481 e. The van der Waals surface area contributed by atoms with E-state index in [2.05, 4.69) is 15.5 Å². The number of carbonyl (C=O) groups excluding carboxylic acids is 1. The van der Waals surface area contributed by atoms with Crippen molar-refractivity contribution in [2.75, 3.05) is 5.32 Å². The van der Waals surface area contributed by atoms with Crippen LogP contribution in [-0.4, -0.2) is 22.2 Å². The largest absolute Gasteiger partial charge is 0.481 e. The highest BCUT2D eigenvalue weighted by molar-refractivity contribution is 7.18. The van der Waals surface area contributed by atoms with Crippen molar-refractivity contribution in [3.05, 3.63) is 58.6 Å². The van der Waals surface area contributed by atoms with Crippen LogP contribution in [0.3, 0.4) is 0 Å². The number of halogens is 1. The molecule has 0 aliphatic rings. The number of aryl methyl sites for hydroxylation is 2. The summed E-state index contributed by atoms with van der Waals surface area (Å²) in [6, 6.07) is 13.1. The molecular formula is C19H18ClN3O2S. The van der Waals surface area contributed by atoms with E-state index in [1.54, 1.807) is 19.1 Å². The Balaban J connectivity index is 1.65. The number of aromatic nitrogens is 2. The lowest BCUT2D eigenvalue weighted by Crippen LogP contribution is -2.30. The Hall–Kier alpha value is -2.44. The van der Waals surface area contributed by atoms with E-state index in [1.165, 1.54) is 11.3 Å².